The van der Waals surface area contributed by atoms with Crippen molar-refractivity contribution in [2.45, 2.75) is 26.3 Å². The van der Waals surface area contributed by atoms with Gasteiger partial charge in [0.05, 0.1) is 0 Å². The zero-order valence-corrected chi connectivity index (χ0v) is 8.64. The molecule has 0 amide bonds. The maximum atomic E-state index is 3.65. The van der Waals surface area contributed by atoms with Gasteiger partial charge in [-0.3, -0.25) is 0 Å². The van der Waals surface area contributed by atoms with Crippen LogP contribution in [0.15, 0.2) is 12.7 Å². The van der Waals surface area contributed by atoms with Crippen molar-refractivity contribution in [2.75, 3.05) is 26.7 Å². The van der Waals surface area contributed by atoms with Gasteiger partial charge in [0, 0.05) is 25.7 Å². The molecule has 0 saturated carbocycles. The minimum absolute atomic E-state index is 0.690. The molecule has 0 rings (SSSR count). The lowest BCUT2D eigenvalue weighted by atomic mass is 10.2. The van der Waals surface area contributed by atoms with Crippen molar-refractivity contribution in [3.63, 3.8) is 0 Å². The summed E-state index contributed by atoms with van der Waals surface area (Å²) in [6, 6.07) is 0.690. The largest absolute Gasteiger partial charge is 0.312 e. The van der Waals surface area contributed by atoms with Crippen LogP contribution in [0.3, 0.4) is 0 Å². The number of nitrogens with one attached hydrogen (secondary N) is 1. The lowest BCUT2D eigenvalue weighted by Crippen LogP contribution is -2.34. The summed E-state index contributed by atoms with van der Waals surface area (Å²) in [4.78, 5) is 2.37. The van der Waals surface area contributed by atoms with E-state index in [1.165, 1.54) is 6.42 Å². The molecular formula is C10H22N2. The highest BCUT2D eigenvalue weighted by Gasteiger charge is 2.04. The summed E-state index contributed by atoms with van der Waals surface area (Å²) >= 11 is 0. The van der Waals surface area contributed by atoms with E-state index in [4.69, 9.17) is 0 Å². The zero-order valence-electron chi connectivity index (χ0n) is 8.64. The third kappa shape index (κ3) is 5.33. The molecule has 0 aromatic carbocycles. The average Bonchev–Trinajstić information content (AvgIpc) is 2.10. The second-order valence-electron chi connectivity index (χ2n) is 3.23. The fourth-order valence-corrected chi connectivity index (χ4v) is 0.992. The predicted octanol–water partition coefficient (Wildman–Crippen LogP) is 1.49. The fourth-order valence-electron chi connectivity index (χ4n) is 0.992. The molecule has 0 radical (unpaired) electrons. The molecular weight excluding hydrogens is 148 g/mol. The van der Waals surface area contributed by atoms with Gasteiger partial charge in [-0.25, -0.2) is 0 Å². The molecule has 1 unspecified atom stereocenters. The highest BCUT2D eigenvalue weighted by atomic mass is 15.1. The number of rotatable bonds is 7. The van der Waals surface area contributed by atoms with Gasteiger partial charge in [0.1, 0.15) is 0 Å². The highest BCUT2D eigenvalue weighted by Crippen LogP contribution is 1.97. The smallest absolute Gasteiger partial charge is 0.0132 e. The molecule has 0 aromatic rings. The van der Waals surface area contributed by atoms with E-state index >= 15 is 0 Å². The van der Waals surface area contributed by atoms with Gasteiger partial charge in [-0.2, -0.15) is 0 Å². The Kier molecular flexibility index (Phi) is 7.11. The number of nitrogens with zero attached hydrogens (tertiary/aromatic N) is 1. The van der Waals surface area contributed by atoms with E-state index in [-0.39, 0.29) is 0 Å². The third-order valence-electron chi connectivity index (χ3n) is 2.27. The quantitative estimate of drug-likeness (QED) is 0.460. The summed E-state index contributed by atoms with van der Waals surface area (Å²) < 4.78 is 0. The first kappa shape index (κ1) is 11.7. The van der Waals surface area contributed by atoms with E-state index in [1.807, 2.05) is 6.08 Å². The normalized spacial score (nSPS) is 13.3. The Morgan fingerprint density at radius 3 is 2.75 bits per heavy atom. The summed E-state index contributed by atoms with van der Waals surface area (Å²) in [5.41, 5.74) is 0. The summed E-state index contributed by atoms with van der Waals surface area (Å²) in [5, 5.41) is 3.29. The Balaban J connectivity index is 3.30. The molecule has 0 aliphatic rings. The van der Waals surface area contributed by atoms with E-state index in [1.54, 1.807) is 0 Å². The Morgan fingerprint density at radius 1 is 1.58 bits per heavy atom. The summed E-state index contributed by atoms with van der Waals surface area (Å²) in [7, 11) is 2.17. The van der Waals surface area contributed by atoms with Gasteiger partial charge in [-0.1, -0.05) is 13.0 Å². The van der Waals surface area contributed by atoms with Crippen LogP contribution in [0, 0.1) is 0 Å². The van der Waals surface area contributed by atoms with Crippen molar-refractivity contribution in [2.24, 2.45) is 0 Å². The summed E-state index contributed by atoms with van der Waals surface area (Å²) in [6.07, 6.45) is 3.11. The maximum absolute atomic E-state index is 3.65. The molecule has 72 valence electrons. The Labute approximate surface area is 76.6 Å². The molecule has 2 heteroatoms. The van der Waals surface area contributed by atoms with E-state index in [0.717, 1.165) is 19.6 Å². The van der Waals surface area contributed by atoms with Crippen LogP contribution in [0.25, 0.3) is 0 Å². The lowest BCUT2D eigenvalue weighted by Gasteiger charge is -2.23. The summed E-state index contributed by atoms with van der Waals surface area (Å²) in [6.45, 7) is 11.2. The van der Waals surface area contributed by atoms with Crippen LogP contribution >= 0.6 is 0 Å². The van der Waals surface area contributed by atoms with E-state index < -0.39 is 0 Å². The maximum Gasteiger partial charge on any atom is 0.0132 e. The lowest BCUT2D eigenvalue weighted by molar-refractivity contribution is 0.253. The van der Waals surface area contributed by atoms with E-state index in [9.17, 15) is 0 Å². The molecule has 12 heavy (non-hydrogen) atoms. The molecule has 0 aromatic heterocycles. The molecule has 0 saturated heterocycles. The van der Waals surface area contributed by atoms with Crippen LogP contribution in [0.4, 0.5) is 0 Å². The van der Waals surface area contributed by atoms with Gasteiger partial charge in [0.25, 0.3) is 0 Å². The molecule has 1 atom stereocenters. The number of hydrogen-bond acceptors (Lipinski definition) is 2. The Hall–Kier alpha value is -0.340. The molecule has 1 N–H and O–H groups in total. The van der Waals surface area contributed by atoms with E-state index in [0.29, 0.717) is 6.04 Å². The van der Waals surface area contributed by atoms with Crippen molar-refractivity contribution in [3.8, 4) is 0 Å². The molecule has 0 spiro atoms. The van der Waals surface area contributed by atoms with Gasteiger partial charge in [0.15, 0.2) is 0 Å². The molecule has 0 aliphatic carbocycles. The van der Waals surface area contributed by atoms with Crippen LogP contribution < -0.4 is 5.32 Å². The summed E-state index contributed by atoms with van der Waals surface area (Å²) in [5.74, 6) is 0. The fraction of sp³-hybridized carbons (Fsp3) is 0.800. The van der Waals surface area contributed by atoms with Gasteiger partial charge in [-0.05, 0) is 20.4 Å². The van der Waals surface area contributed by atoms with Crippen LogP contribution in [0.1, 0.15) is 20.3 Å². The van der Waals surface area contributed by atoms with Crippen molar-refractivity contribution < 1.29 is 0 Å². The van der Waals surface area contributed by atoms with Crippen molar-refractivity contribution in [1.29, 1.82) is 0 Å². The monoisotopic (exact) mass is 170 g/mol. The minimum atomic E-state index is 0.690. The number of likely N-dealkylation sites (N-methyl/N-ethyl adjacent to an activating group) is 1. The standard InChI is InChI=1S/C10H22N2/c1-5-7-11-8-9-12(4)10(3)6-2/h5,10-11H,1,6-9H2,2-4H3. The second-order valence-corrected chi connectivity index (χ2v) is 3.23. The molecule has 0 bridgehead atoms. The minimum Gasteiger partial charge on any atom is -0.312 e. The zero-order chi connectivity index (χ0) is 9.40. The number of hydrogen-bond donors (Lipinski definition) is 1. The van der Waals surface area contributed by atoms with Crippen LogP contribution in [0.2, 0.25) is 0 Å². The molecule has 2 nitrogen and oxygen atoms in total. The molecule has 0 fully saturated rings. The Morgan fingerprint density at radius 2 is 2.25 bits per heavy atom. The predicted molar refractivity (Wildman–Crippen MR) is 55.4 cm³/mol. The third-order valence-corrected chi connectivity index (χ3v) is 2.27. The van der Waals surface area contributed by atoms with E-state index in [2.05, 4.69) is 37.7 Å². The topological polar surface area (TPSA) is 15.3 Å². The van der Waals surface area contributed by atoms with Crippen molar-refractivity contribution >= 4 is 0 Å². The first-order valence-electron chi connectivity index (χ1n) is 4.74. The molecule has 0 heterocycles. The van der Waals surface area contributed by atoms with Crippen molar-refractivity contribution in [3.05, 3.63) is 12.7 Å². The van der Waals surface area contributed by atoms with Gasteiger partial charge in [-0.15, -0.1) is 6.58 Å². The second kappa shape index (κ2) is 7.32. The van der Waals surface area contributed by atoms with Crippen molar-refractivity contribution in [1.82, 2.24) is 10.2 Å². The SMILES string of the molecule is C=CCNCCN(C)C(C)CC. The highest BCUT2D eigenvalue weighted by molar-refractivity contribution is 4.70. The van der Waals surface area contributed by atoms with Crippen LogP contribution in [0.5, 0.6) is 0 Å². The van der Waals surface area contributed by atoms with Crippen LogP contribution in [-0.2, 0) is 0 Å². The Bertz CT molecular complexity index is 112. The average molecular weight is 170 g/mol. The van der Waals surface area contributed by atoms with Gasteiger partial charge < -0.3 is 10.2 Å². The molecule has 0 aliphatic heterocycles. The first-order chi connectivity index (χ1) is 5.72. The van der Waals surface area contributed by atoms with Gasteiger partial charge >= 0.3 is 0 Å². The van der Waals surface area contributed by atoms with Crippen LogP contribution in [-0.4, -0.2) is 37.6 Å². The van der Waals surface area contributed by atoms with Gasteiger partial charge in [0.2, 0.25) is 0 Å². The first-order valence-corrected chi connectivity index (χ1v) is 4.74.